The van der Waals surface area contributed by atoms with Crippen LogP contribution in [0.4, 0.5) is 0 Å². The highest BCUT2D eigenvalue weighted by Crippen LogP contribution is 2.18. The number of hydrogen-bond donors (Lipinski definition) is 1. The van der Waals surface area contributed by atoms with Crippen LogP contribution in [0.2, 0.25) is 0 Å². The number of hydrogen-bond acceptors (Lipinski definition) is 2. The Hall–Kier alpha value is -1.35. The van der Waals surface area contributed by atoms with Gasteiger partial charge in [0.2, 0.25) is 0 Å². The Bertz CT molecular complexity index is 341. The van der Waals surface area contributed by atoms with Crippen LogP contribution in [0.15, 0.2) is 24.3 Å². The molecule has 0 amide bonds. The van der Waals surface area contributed by atoms with Crippen LogP contribution in [-0.2, 0) is 16.0 Å². The average Bonchev–Trinajstić information content (AvgIpc) is 2.20. The summed E-state index contributed by atoms with van der Waals surface area (Å²) < 4.78 is 4.92. The molecule has 1 atom stereocenters. The standard InChI is InChI=1S/C13H18O3/c1-9(2)8-10-4-6-11(7-5-10)12(16-3)13(14)15/h4-7,9,12H,8H2,1-3H3,(H,14,15). The molecule has 0 heterocycles. The Morgan fingerprint density at radius 3 is 2.25 bits per heavy atom. The average molecular weight is 222 g/mol. The van der Waals surface area contributed by atoms with E-state index in [4.69, 9.17) is 9.84 Å². The van der Waals surface area contributed by atoms with Crippen LogP contribution in [0.3, 0.4) is 0 Å². The SMILES string of the molecule is COC(C(=O)O)c1ccc(CC(C)C)cc1. The predicted molar refractivity (Wildman–Crippen MR) is 62.4 cm³/mol. The van der Waals surface area contributed by atoms with Crippen molar-refractivity contribution in [1.29, 1.82) is 0 Å². The van der Waals surface area contributed by atoms with Gasteiger partial charge in [-0.2, -0.15) is 0 Å². The molecule has 0 aliphatic heterocycles. The molecule has 0 aliphatic rings. The summed E-state index contributed by atoms with van der Waals surface area (Å²) in [5, 5.41) is 8.92. The van der Waals surface area contributed by atoms with Gasteiger partial charge >= 0.3 is 5.97 Å². The van der Waals surface area contributed by atoms with E-state index in [0.29, 0.717) is 11.5 Å². The number of carbonyl (C=O) groups is 1. The Labute approximate surface area is 96.1 Å². The van der Waals surface area contributed by atoms with Crippen LogP contribution in [0.1, 0.15) is 31.1 Å². The molecule has 0 fully saturated rings. The molecule has 1 aromatic carbocycles. The second kappa shape index (κ2) is 5.66. The molecule has 0 radical (unpaired) electrons. The van der Waals surface area contributed by atoms with Gasteiger partial charge in [-0.25, -0.2) is 4.79 Å². The number of benzene rings is 1. The van der Waals surface area contributed by atoms with E-state index < -0.39 is 12.1 Å². The van der Waals surface area contributed by atoms with Gasteiger partial charge in [0.15, 0.2) is 6.10 Å². The van der Waals surface area contributed by atoms with E-state index in [0.717, 1.165) is 6.42 Å². The van der Waals surface area contributed by atoms with Gasteiger partial charge in [0.05, 0.1) is 0 Å². The van der Waals surface area contributed by atoms with Crippen LogP contribution in [0, 0.1) is 5.92 Å². The van der Waals surface area contributed by atoms with Gasteiger partial charge in [0.25, 0.3) is 0 Å². The number of rotatable bonds is 5. The highest BCUT2D eigenvalue weighted by Gasteiger charge is 2.18. The summed E-state index contributed by atoms with van der Waals surface area (Å²) in [6.45, 7) is 4.31. The second-order valence-electron chi connectivity index (χ2n) is 4.29. The molecular weight excluding hydrogens is 204 g/mol. The first-order chi connectivity index (χ1) is 7.54. The molecule has 16 heavy (non-hydrogen) atoms. The van der Waals surface area contributed by atoms with Crippen molar-refractivity contribution in [2.24, 2.45) is 5.92 Å². The molecule has 0 saturated carbocycles. The minimum absolute atomic E-state index is 0.601. The van der Waals surface area contributed by atoms with E-state index in [1.54, 1.807) is 0 Å². The summed E-state index contributed by atoms with van der Waals surface area (Å²) in [5.74, 6) is -0.359. The third-order valence-corrected chi connectivity index (χ3v) is 2.39. The minimum atomic E-state index is -0.959. The smallest absolute Gasteiger partial charge is 0.337 e. The summed E-state index contributed by atoms with van der Waals surface area (Å²) in [7, 11) is 1.40. The molecule has 0 saturated heterocycles. The van der Waals surface area contributed by atoms with E-state index in [9.17, 15) is 4.79 Å². The van der Waals surface area contributed by atoms with Crippen LogP contribution < -0.4 is 0 Å². The van der Waals surface area contributed by atoms with Gasteiger partial charge in [0, 0.05) is 7.11 Å². The summed E-state index contributed by atoms with van der Waals surface area (Å²) in [4.78, 5) is 10.9. The van der Waals surface area contributed by atoms with E-state index >= 15 is 0 Å². The van der Waals surface area contributed by atoms with Crippen LogP contribution in [0.5, 0.6) is 0 Å². The molecule has 3 nitrogen and oxygen atoms in total. The fourth-order valence-corrected chi connectivity index (χ4v) is 1.68. The van der Waals surface area contributed by atoms with E-state index in [2.05, 4.69) is 13.8 Å². The van der Waals surface area contributed by atoms with Crippen molar-refractivity contribution < 1.29 is 14.6 Å². The lowest BCUT2D eigenvalue weighted by Gasteiger charge is -2.11. The highest BCUT2D eigenvalue weighted by atomic mass is 16.5. The first-order valence-corrected chi connectivity index (χ1v) is 5.39. The lowest BCUT2D eigenvalue weighted by Crippen LogP contribution is -2.13. The Morgan fingerprint density at radius 1 is 1.31 bits per heavy atom. The van der Waals surface area contributed by atoms with Gasteiger partial charge in [0.1, 0.15) is 0 Å². The van der Waals surface area contributed by atoms with E-state index in [-0.39, 0.29) is 0 Å². The van der Waals surface area contributed by atoms with Crippen LogP contribution in [-0.4, -0.2) is 18.2 Å². The summed E-state index contributed by atoms with van der Waals surface area (Å²) >= 11 is 0. The Balaban J connectivity index is 2.81. The largest absolute Gasteiger partial charge is 0.479 e. The number of carboxylic acids is 1. The highest BCUT2D eigenvalue weighted by molar-refractivity contribution is 5.74. The van der Waals surface area contributed by atoms with Gasteiger partial charge < -0.3 is 9.84 Å². The zero-order chi connectivity index (χ0) is 12.1. The zero-order valence-electron chi connectivity index (χ0n) is 9.93. The molecule has 0 aliphatic carbocycles. The first-order valence-electron chi connectivity index (χ1n) is 5.39. The van der Waals surface area contributed by atoms with Crippen molar-refractivity contribution in [2.75, 3.05) is 7.11 Å². The lowest BCUT2D eigenvalue weighted by molar-refractivity contribution is -0.148. The Morgan fingerprint density at radius 2 is 1.88 bits per heavy atom. The normalized spacial score (nSPS) is 12.8. The topological polar surface area (TPSA) is 46.5 Å². The van der Waals surface area contributed by atoms with Gasteiger partial charge in [-0.15, -0.1) is 0 Å². The van der Waals surface area contributed by atoms with Gasteiger partial charge in [-0.05, 0) is 23.5 Å². The molecule has 3 heteroatoms. The van der Waals surface area contributed by atoms with Crippen molar-refractivity contribution >= 4 is 5.97 Å². The maximum atomic E-state index is 10.9. The van der Waals surface area contributed by atoms with Gasteiger partial charge in [-0.1, -0.05) is 38.1 Å². The molecule has 1 aromatic rings. The zero-order valence-corrected chi connectivity index (χ0v) is 9.93. The van der Waals surface area contributed by atoms with Crippen LogP contribution >= 0.6 is 0 Å². The second-order valence-corrected chi connectivity index (χ2v) is 4.29. The van der Waals surface area contributed by atoms with Crippen molar-refractivity contribution in [1.82, 2.24) is 0 Å². The summed E-state index contributed by atoms with van der Waals surface area (Å²) in [6, 6.07) is 7.56. The van der Waals surface area contributed by atoms with Crippen LogP contribution in [0.25, 0.3) is 0 Å². The molecule has 0 bridgehead atoms. The minimum Gasteiger partial charge on any atom is -0.479 e. The monoisotopic (exact) mass is 222 g/mol. The maximum absolute atomic E-state index is 10.9. The van der Waals surface area contributed by atoms with Crippen molar-refractivity contribution in [3.05, 3.63) is 35.4 Å². The van der Waals surface area contributed by atoms with Crippen molar-refractivity contribution in [2.45, 2.75) is 26.4 Å². The summed E-state index contributed by atoms with van der Waals surface area (Å²) in [5.41, 5.74) is 1.90. The fraction of sp³-hybridized carbons (Fsp3) is 0.462. The van der Waals surface area contributed by atoms with Crippen molar-refractivity contribution in [3.8, 4) is 0 Å². The molecule has 0 aromatic heterocycles. The fourth-order valence-electron chi connectivity index (χ4n) is 1.68. The quantitative estimate of drug-likeness (QED) is 0.833. The molecule has 1 unspecified atom stereocenters. The third-order valence-electron chi connectivity index (χ3n) is 2.39. The van der Waals surface area contributed by atoms with Gasteiger partial charge in [-0.3, -0.25) is 0 Å². The molecule has 0 spiro atoms. The number of methoxy groups -OCH3 is 1. The molecular formula is C13H18O3. The third kappa shape index (κ3) is 3.35. The van der Waals surface area contributed by atoms with Crippen molar-refractivity contribution in [3.63, 3.8) is 0 Å². The maximum Gasteiger partial charge on any atom is 0.337 e. The number of aliphatic carboxylic acids is 1. The first kappa shape index (κ1) is 12.7. The number of ether oxygens (including phenoxy) is 1. The number of carboxylic acid groups (broad SMARTS) is 1. The lowest BCUT2D eigenvalue weighted by atomic mass is 10.0. The van der Waals surface area contributed by atoms with E-state index in [1.165, 1.54) is 12.7 Å². The Kier molecular flexibility index (Phi) is 4.50. The predicted octanol–water partition coefficient (Wildman–Crippen LogP) is 2.66. The summed E-state index contributed by atoms with van der Waals surface area (Å²) in [6.07, 6.45) is 0.137. The van der Waals surface area contributed by atoms with E-state index in [1.807, 2.05) is 24.3 Å². The molecule has 88 valence electrons. The molecule has 1 rings (SSSR count). The molecule has 1 N–H and O–H groups in total.